The quantitative estimate of drug-likeness (QED) is 0.337. The van der Waals surface area contributed by atoms with E-state index in [0.29, 0.717) is 19.3 Å². The maximum Gasteiger partial charge on any atom is 0.186 e. The van der Waals surface area contributed by atoms with E-state index in [1.807, 2.05) is 0 Å². The lowest BCUT2D eigenvalue weighted by atomic mass is 9.61. The Morgan fingerprint density at radius 3 is 2.37 bits per heavy atom. The van der Waals surface area contributed by atoms with E-state index >= 15 is 0 Å². The van der Waals surface area contributed by atoms with Crippen molar-refractivity contribution in [2.45, 2.75) is 89.4 Å². The first-order valence-electron chi connectivity index (χ1n) is 9.85. The molecule has 160 valence electrons. The second-order valence-electron chi connectivity index (χ2n) is 8.91. The Kier molecular flexibility index (Phi) is 8.04. The van der Waals surface area contributed by atoms with Gasteiger partial charge >= 0.3 is 0 Å². The number of aliphatic hydroxyl groups is 6. The molecule has 0 spiro atoms. The van der Waals surface area contributed by atoms with Crippen molar-refractivity contribution in [3.05, 3.63) is 0 Å². The predicted molar refractivity (Wildman–Crippen MR) is 96.6 cm³/mol. The van der Waals surface area contributed by atoms with E-state index < -0.39 is 49.5 Å². The van der Waals surface area contributed by atoms with Crippen LogP contribution >= 0.6 is 0 Å². The summed E-state index contributed by atoms with van der Waals surface area (Å²) in [6.07, 6.45) is -4.68. The topological polar surface area (TPSA) is 140 Å². The molecule has 1 saturated carbocycles. The molecule has 1 aliphatic carbocycles. The standard InChI is InChI=1S/C19H36O8/c1-10(21)4-5-13-11(6-12(22)7-19(13,2)3)9-26-18-17(25)16(24)15(23)14(8-20)27-18/h10-18,20-25H,4-9H2,1-3H3/t10-,11+,12+,13+,14-,15-,16+,17-,18-/m1/s1. The van der Waals surface area contributed by atoms with Crippen LogP contribution in [0.1, 0.15) is 46.5 Å². The minimum absolute atomic E-state index is 0.00475. The minimum atomic E-state index is -1.47. The molecular weight excluding hydrogens is 356 g/mol. The predicted octanol–water partition coefficient (Wildman–Crippen LogP) is -0.623. The van der Waals surface area contributed by atoms with Gasteiger partial charge in [0.15, 0.2) is 6.29 Å². The largest absolute Gasteiger partial charge is 0.394 e. The van der Waals surface area contributed by atoms with Crippen LogP contribution in [-0.4, -0.2) is 86.8 Å². The van der Waals surface area contributed by atoms with E-state index in [9.17, 15) is 30.6 Å². The van der Waals surface area contributed by atoms with Crippen molar-refractivity contribution >= 4 is 0 Å². The zero-order valence-corrected chi connectivity index (χ0v) is 16.4. The maximum atomic E-state index is 10.3. The van der Waals surface area contributed by atoms with Crippen molar-refractivity contribution in [2.24, 2.45) is 17.3 Å². The number of rotatable bonds is 7. The molecule has 8 heteroatoms. The summed E-state index contributed by atoms with van der Waals surface area (Å²) in [5.41, 5.74) is -0.129. The molecule has 0 aromatic heterocycles. The van der Waals surface area contributed by atoms with E-state index in [1.54, 1.807) is 6.92 Å². The summed E-state index contributed by atoms with van der Waals surface area (Å²) in [5, 5.41) is 59.1. The highest BCUT2D eigenvalue weighted by Gasteiger charge is 2.46. The monoisotopic (exact) mass is 392 g/mol. The first kappa shape index (κ1) is 23.0. The summed E-state index contributed by atoms with van der Waals surface area (Å²) in [6.45, 7) is 5.65. The third kappa shape index (κ3) is 5.61. The Bertz CT molecular complexity index is 455. The lowest BCUT2D eigenvalue weighted by molar-refractivity contribution is -0.305. The molecule has 1 heterocycles. The molecule has 2 fully saturated rings. The van der Waals surface area contributed by atoms with Crippen molar-refractivity contribution in [1.82, 2.24) is 0 Å². The van der Waals surface area contributed by atoms with Crippen molar-refractivity contribution in [3.8, 4) is 0 Å². The summed E-state index contributed by atoms with van der Waals surface area (Å²) in [4.78, 5) is 0. The molecular formula is C19H36O8. The number of hydrogen-bond acceptors (Lipinski definition) is 8. The van der Waals surface area contributed by atoms with Gasteiger partial charge in [-0.25, -0.2) is 0 Å². The Labute approximate surface area is 160 Å². The second-order valence-corrected chi connectivity index (χ2v) is 8.91. The lowest BCUT2D eigenvalue weighted by Crippen LogP contribution is -2.59. The van der Waals surface area contributed by atoms with Gasteiger partial charge in [0.05, 0.1) is 25.4 Å². The average molecular weight is 392 g/mol. The molecule has 8 nitrogen and oxygen atoms in total. The van der Waals surface area contributed by atoms with Gasteiger partial charge in [-0.1, -0.05) is 13.8 Å². The van der Waals surface area contributed by atoms with Gasteiger partial charge in [0.1, 0.15) is 24.4 Å². The minimum Gasteiger partial charge on any atom is -0.394 e. The molecule has 0 aromatic carbocycles. The molecule has 0 aromatic rings. The van der Waals surface area contributed by atoms with Crippen LogP contribution in [0.5, 0.6) is 0 Å². The second kappa shape index (κ2) is 9.45. The van der Waals surface area contributed by atoms with Gasteiger partial charge in [0.2, 0.25) is 0 Å². The van der Waals surface area contributed by atoms with E-state index in [4.69, 9.17) is 9.47 Å². The zero-order valence-electron chi connectivity index (χ0n) is 16.4. The summed E-state index contributed by atoms with van der Waals surface area (Å²) < 4.78 is 11.1. The van der Waals surface area contributed by atoms with E-state index in [0.717, 1.165) is 6.42 Å². The third-order valence-corrected chi connectivity index (χ3v) is 6.13. The molecule has 0 amide bonds. The molecule has 1 aliphatic heterocycles. The summed E-state index contributed by atoms with van der Waals surface area (Å²) in [5.74, 6) is 0.204. The van der Waals surface area contributed by atoms with Crippen LogP contribution in [0.25, 0.3) is 0 Å². The van der Waals surface area contributed by atoms with Gasteiger partial charge in [-0.3, -0.25) is 0 Å². The van der Waals surface area contributed by atoms with Crippen molar-refractivity contribution in [2.75, 3.05) is 13.2 Å². The van der Waals surface area contributed by atoms with Crippen LogP contribution in [0.4, 0.5) is 0 Å². The smallest absolute Gasteiger partial charge is 0.186 e. The molecule has 2 aliphatic rings. The molecule has 27 heavy (non-hydrogen) atoms. The van der Waals surface area contributed by atoms with E-state index in [-0.39, 0.29) is 23.9 Å². The first-order valence-corrected chi connectivity index (χ1v) is 9.85. The van der Waals surface area contributed by atoms with Crippen LogP contribution in [0, 0.1) is 17.3 Å². The first-order chi connectivity index (χ1) is 12.6. The number of aliphatic hydroxyl groups excluding tert-OH is 6. The Balaban J connectivity index is 2.03. The molecule has 6 N–H and O–H groups in total. The molecule has 9 atom stereocenters. The van der Waals surface area contributed by atoms with Crippen LogP contribution in [0.15, 0.2) is 0 Å². The Hall–Kier alpha value is -0.320. The Morgan fingerprint density at radius 2 is 1.78 bits per heavy atom. The van der Waals surface area contributed by atoms with Crippen LogP contribution < -0.4 is 0 Å². The van der Waals surface area contributed by atoms with E-state index in [2.05, 4.69) is 13.8 Å². The van der Waals surface area contributed by atoms with Gasteiger partial charge in [-0.2, -0.15) is 0 Å². The van der Waals surface area contributed by atoms with Crippen molar-refractivity contribution in [1.29, 1.82) is 0 Å². The van der Waals surface area contributed by atoms with Crippen LogP contribution in [-0.2, 0) is 9.47 Å². The molecule has 2 rings (SSSR count). The van der Waals surface area contributed by atoms with Crippen molar-refractivity contribution < 1.29 is 40.1 Å². The number of hydrogen-bond donors (Lipinski definition) is 6. The molecule has 1 saturated heterocycles. The summed E-state index contributed by atoms with van der Waals surface area (Å²) in [7, 11) is 0. The molecule has 0 bridgehead atoms. The maximum absolute atomic E-state index is 10.3. The van der Waals surface area contributed by atoms with Crippen LogP contribution in [0.3, 0.4) is 0 Å². The lowest BCUT2D eigenvalue weighted by Gasteiger charge is -2.47. The normalized spacial score (nSPS) is 43.4. The number of ether oxygens (including phenoxy) is 2. The van der Waals surface area contributed by atoms with Gasteiger partial charge in [0.25, 0.3) is 0 Å². The van der Waals surface area contributed by atoms with E-state index in [1.165, 1.54) is 0 Å². The molecule has 0 radical (unpaired) electrons. The zero-order chi connectivity index (χ0) is 20.4. The van der Waals surface area contributed by atoms with Gasteiger partial charge in [-0.15, -0.1) is 0 Å². The Morgan fingerprint density at radius 1 is 1.11 bits per heavy atom. The summed E-state index contributed by atoms with van der Waals surface area (Å²) >= 11 is 0. The fourth-order valence-corrected chi connectivity index (χ4v) is 4.65. The average Bonchev–Trinajstić information content (AvgIpc) is 2.57. The fourth-order valence-electron chi connectivity index (χ4n) is 4.65. The third-order valence-electron chi connectivity index (χ3n) is 6.13. The van der Waals surface area contributed by atoms with Crippen LogP contribution in [0.2, 0.25) is 0 Å². The van der Waals surface area contributed by atoms with Gasteiger partial charge < -0.3 is 40.1 Å². The van der Waals surface area contributed by atoms with Gasteiger partial charge in [0, 0.05) is 0 Å². The highest BCUT2D eigenvalue weighted by Crippen LogP contribution is 2.47. The van der Waals surface area contributed by atoms with Gasteiger partial charge in [-0.05, 0) is 49.9 Å². The SMILES string of the molecule is C[C@@H](O)CC[C@H]1[C@H](CO[C@@H]2O[C@H](CO)[C@@H](O)[C@H](O)[C@H]2O)C[C@H](O)CC1(C)C. The summed E-state index contributed by atoms with van der Waals surface area (Å²) in [6, 6.07) is 0. The highest BCUT2D eigenvalue weighted by atomic mass is 16.7. The fraction of sp³-hybridized carbons (Fsp3) is 1.00. The van der Waals surface area contributed by atoms with Crippen molar-refractivity contribution in [3.63, 3.8) is 0 Å². The molecule has 0 unspecified atom stereocenters. The highest BCUT2D eigenvalue weighted by molar-refractivity contribution is 4.93.